The summed E-state index contributed by atoms with van der Waals surface area (Å²) in [6.07, 6.45) is 10.9. The molecule has 6 saturated carbocycles. The Kier molecular flexibility index (Phi) is 8.33. The molecule has 2 spiro atoms. The van der Waals surface area contributed by atoms with E-state index in [4.69, 9.17) is 24.7 Å². The van der Waals surface area contributed by atoms with Crippen molar-refractivity contribution >= 4 is 35.1 Å². The summed E-state index contributed by atoms with van der Waals surface area (Å²) in [6.45, 7) is 4.34. The van der Waals surface area contributed by atoms with Gasteiger partial charge < -0.3 is 34.9 Å². The molecular weight excluding hydrogens is 765 g/mol. The molecule has 0 amide bonds. The Morgan fingerprint density at radius 1 is 0.881 bits per heavy atom. The highest BCUT2D eigenvalue weighted by molar-refractivity contribution is 6.02. The number of hydrogen-bond donors (Lipinski definition) is 3. The third-order valence-corrected chi connectivity index (χ3v) is 17.5. The number of hydrogen-bond acceptors (Lipinski definition) is 13. The lowest BCUT2D eigenvalue weighted by atomic mass is 9.48. The van der Waals surface area contributed by atoms with Gasteiger partial charge >= 0.3 is 11.9 Å². The number of aliphatic hydroxyl groups excluding tert-OH is 2. The van der Waals surface area contributed by atoms with Crippen molar-refractivity contribution in [3.63, 3.8) is 0 Å². The highest BCUT2D eigenvalue weighted by Gasteiger charge is 2.88. The van der Waals surface area contributed by atoms with E-state index in [1.807, 2.05) is 13.0 Å². The molecule has 59 heavy (non-hydrogen) atoms. The van der Waals surface area contributed by atoms with Crippen LogP contribution in [0.25, 0.3) is 0 Å². The first-order chi connectivity index (χ1) is 27.8. The van der Waals surface area contributed by atoms with E-state index in [1.165, 1.54) is 12.2 Å². The van der Waals surface area contributed by atoms with Crippen LogP contribution in [-0.2, 0) is 47.7 Å². The molecule has 2 aliphatic heterocycles. The standard InChI is InChI=1S/C45H52FNO12/c1-22-14-30-29-7-5-24-16-26(49)9-12-40(24,3)44(29,46)33(51)19-43(30)45(22,59-43)35(53)21-57-38(55)31(47)17-36(54)56-20-34(52)41-13-10-28-27-6-4-23-15-25(48)8-11-39(23,2)37(27)32(50)18-42(28,41)58-41/h8-9,11-12,15-16,22,27-33,37,50-51H,4-7,10,13-14,17-21,47H2,1-3H3/t22-,27?,28?,29?,30?,31-,32+,33+,37?,39+,40+,41+,42-,43-,44+,45+/m1/s1. The second-order valence-electron chi connectivity index (χ2n) is 19.8. The zero-order valence-electron chi connectivity index (χ0n) is 33.6. The van der Waals surface area contributed by atoms with Gasteiger partial charge in [0.1, 0.15) is 17.2 Å². The zero-order valence-corrected chi connectivity index (χ0v) is 33.6. The van der Waals surface area contributed by atoms with E-state index in [0.717, 1.165) is 24.8 Å². The largest absolute Gasteiger partial charge is 0.457 e. The second-order valence-corrected chi connectivity index (χ2v) is 19.8. The first kappa shape index (κ1) is 39.4. The summed E-state index contributed by atoms with van der Waals surface area (Å²) in [5, 5.41) is 23.1. The van der Waals surface area contributed by atoms with Crippen molar-refractivity contribution in [1.82, 2.24) is 0 Å². The van der Waals surface area contributed by atoms with Gasteiger partial charge in [-0.15, -0.1) is 0 Å². The molecule has 0 aromatic heterocycles. The number of Topliss-reactive ketones (excluding diaryl/α,β-unsaturated/α-hetero) is 2. The fourth-order valence-corrected chi connectivity index (χ4v) is 14.9. The minimum Gasteiger partial charge on any atom is -0.457 e. The smallest absolute Gasteiger partial charge is 0.323 e. The monoisotopic (exact) mass is 817 g/mol. The van der Waals surface area contributed by atoms with E-state index in [0.29, 0.717) is 31.3 Å². The molecule has 10 aliphatic rings. The summed E-state index contributed by atoms with van der Waals surface area (Å²) in [5.74, 6) is -4.50. The summed E-state index contributed by atoms with van der Waals surface area (Å²) in [6, 6.07) is -1.49. The molecule has 4 N–H and O–H groups in total. The molecule has 0 bridgehead atoms. The van der Waals surface area contributed by atoms with Crippen LogP contribution in [0.2, 0.25) is 0 Å². The Morgan fingerprint density at radius 2 is 1.58 bits per heavy atom. The van der Waals surface area contributed by atoms with Crippen molar-refractivity contribution < 1.29 is 62.3 Å². The Bertz CT molecular complexity index is 2130. The van der Waals surface area contributed by atoms with E-state index in [1.54, 1.807) is 25.2 Å². The molecule has 13 nitrogen and oxygen atoms in total. The van der Waals surface area contributed by atoms with Crippen molar-refractivity contribution in [3.8, 4) is 0 Å². The normalized spacial score (nSPS) is 49.5. The van der Waals surface area contributed by atoms with E-state index in [-0.39, 0.29) is 54.0 Å². The quantitative estimate of drug-likeness (QED) is 0.226. The van der Waals surface area contributed by atoms with Gasteiger partial charge in [-0.1, -0.05) is 37.1 Å². The number of carbonyl (C=O) groups excluding carboxylic acids is 6. The van der Waals surface area contributed by atoms with E-state index < -0.39 is 106 Å². The van der Waals surface area contributed by atoms with Crippen LogP contribution in [0, 0.1) is 46.3 Å². The number of epoxide rings is 2. The van der Waals surface area contributed by atoms with Crippen LogP contribution < -0.4 is 5.73 Å². The van der Waals surface area contributed by atoms with Crippen molar-refractivity contribution in [3.05, 3.63) is 47.6 Å². The maximum absolute atomic E-state index is 17.4. The Balaban J connectivity index is 0.733. The minimum atomic E-state index is -2.07. The fraction of sp³-hybridized carbons (Fsp3) is 0.689. The SMILES string of the molecule is C[C@@H]1CC2C3CCC4=CC(=O)C=C[C@]4(C)[C@@]3(F)[C@@H](O)C[C@@]23O[C@]13C(=O)COC(=O)[C@H](N)CC(=O)OCC(=O)[C@@]12CCC3C4CCC5=CC(=O)C=C[C@]5(C)C4[C@@H](O)C[C@@]31O2. The van der Waals surface area contributed by atoms with Crippen molar-refractivity contribution in [2.45, 2.75) is 131 Å². The van der Waals surface area contributed by atoms with E-state index >= 15 is 4.39 Å². The van der Waals surface area contributed by atoms with Crippen LogP contribution in [0.3, 0.4) is 0 Å². The first-order valence-corrected chi connectivity index (χ1v) is 21.3. The fourth-order valence-electron chi connectivity index (χ4n) is 14.9. The number of aliphatic hydroxyl groups is 2. The minimum absolute atomic E-state index is 0.0308. The molecule has 16 atom stereocenters. The van der Waals surface area contributed by atoms with Crippen LogP contribution in [0.1, 0.15) is 85.0 Å². The van der Waals surface area contributed by atoms with Crippen LogP contribution in [0.5, 0.6) is 0 Å². The number of esters is 2. The number of fused-ring (bicyclic) bond motifs is 8. The number of nitrogens with two attached hydrogens (primary N) is 1. The van der Waals surface area contributed by atoms with Crippen LogP contribution in [0.15, 0.2) is 47.6 Å². The number of ketones is 4. The van der Waals surface area contributed by atoms with Gasteiger partial charge in [-0.3, -0.25) is 28.8 Å². The van der Waals surface area contributed by atoms with Gasteiger partial charge in [0, 0.05) is 35.5 Å². The average molecular weight is 818 g/mol. The Morgan fingerprint density at radius 3 is 2.34 bits per heavy atom. The van der Waals surface area contributed by atoms with Crippen LogP contribution >= 0.6 is 0 Å². The number of carbonyl (C=O) groups is 6. The molecular formula is C45H52FNO12. The highest BCUT2D eigenvalue weighted by Crippen LogP contribution is 2.77. The number of alkyl halides is 1. The van der Waals surface area contributed by atoms with E-state index in [9.17, 15) is 39.0 Å². The second kappa shape index (κ2) is 12.5. The number of halogens is 1. The summed E-state index contributed by atoms with van der Waals surface area (Å²) in [7, 11) is 0. The van der Waals surface area contributed by atoms with Crippen LogP contribution in [-0.4, -0.2) is 105 Å². The number of rotatable bonds is 9. The lowest BCUT2D eigenvalue weighted by Crippen LogP contribution is -2.66. The molecule has 2 saturated heterocycles. The summed E-state index contributed by atoms with van der Waals surface area (Å²) < 4.78 is 40.6. The maximum Gasteiger partial charge on any atom is 0.323 e. The number of ether oxygens (including phenoxy) is 4. The lowest BCUT2D eigenvalue weighted by Gasteiger charge is -2.59. The molecule has 0 aromatic carbocycles. The lowest BCUT2D eigenvalue weighted by molar-refractivity contribution is -0.179. The third-order valence-electron chi connectivity index (χ3n) is 17.5. The molecule has 14 heteroatoms. The molecule has 8 aliphatic carbocycles. The van der Waals surface area contributed by atoms with Crippen LogP contribution in [0.4, 0.5) is 4.39 Å². The predicted octanol–water partition coefficient (Wildman–Crippen LogP) is 2.83. The number of allylic oxidation sites excluding steroid dienone is 8. The molecule has 0 radical (unpaired) electrons. The molecule has 5 unspecified atom stereocenters. The summed E-state index contributed by atoms with van der Waals surface area (Å²) >= 11 is 0. The predicted molar refractivity (Wildman–Crippen MR) is 202 cm³/mol. The van der Waals surface area contributed by atoms with Gasteiger partial charge in [0.25, 0.3) is 0 Å². The average Bonchev–Trinajstić information content (AvgIpc) is 3.98. The van der Waals surface area contributed by atoms with Gasteiger partial charge in [0.2, 0.25) is 11.6 Å². The Hall–Kier alpha value is -3.69. The molecule has 2 heterocycles. The van der Waals surface area contributed by atoms with Crippen molar-refractivity contribution in [1.29, 1.82) is 0 Å². The van der Waals surface area contributed by atoms with Gasteiger partial charge in [-0.05, 0) is 99.8 Å². The van der Waals surface area contributed by atoms with Crippen molar-refractivity contribution in [2.75, 3.05) is 13.2 Å². The first-order valence-electron chi connectivity index (χ1n) is 21.3. The Labute approximate surface area is 340 Å². The van der Waals surface area contributed by atoms with Gasteiger partial charge in [0.15, 0.2) is 41.7 Å². The third kappa shape index (κ3) is 4.84. The van der Waals surface area contributed by atoms with Crippen molar-refractivity contribution in [2.24, 2.45) is 52.1 Å². The highest BCUT2D eigenvalue weighted by atomic mass is 19.1. The molecule has 316 valence electrons. The zero-order chi connectivity index (χ0) is 41.9. The van der Waals surface area contributed by atoms with Gasteiger partial charge in [-0.2, -0.15) is 0 Å². The van der Waals surface area contributed by atoms with Gasteiger partial charge in [0.05, 0.1) is 18.6 Å². The van der Waals surface area contributed by atoms with Gasteiger partial charge in [-0.25, -0.2) is 4.39 Å². The summed E-state index contributed by atoms with van der Waals surface area (Å²) in [4.78, 5) is 77.7. The topological polar surface area (TPSA) is 212 Å². The maximum atomic E-state index is 17.4. The van der Waals surface area contributed by atoms with E-state index in [2.05, 4.69) is 6.92 Å². The molecule has 8 fully saturated rings. The summed E-state index contributed by atoms with van der Waals surface area (Å²) in [5.41, 5.74) is -0.507. The molecule has 10 rings (SSSR count). The molecule has 0 aromatic rings.